The average molecular weight is 447 g/mol. The van der Waals surface area contributed by atoms with Crippen molar-refractivity contribution in [2.24, 2.45) is 5.92 Å². The van der Waals surface area contributed by atoms with Gasteiger partial charge in [-0.2, -0.15) is 0 Å². The summed E-state index contributed by atoms with van der Waals surface area (Å²) in [4.78, 5) is 23.7. The summed E-state index contributed by atoms with van der Waals surface area (Å²) in [6.45, 7) is 5.99. The predicted molar refractivity (Wildman–Crippen MR) is 123 cm³/mol. The smallest absolute Gasteiger partial charge is 0.248 e. The monoisotopic (exact) mass is 446 g/mol. The van der Waals surface area contributed by atoms with Crippen LogP contribution in [0.4, 0.5) is 11.4 Å². The maximum atomic E-state index is 12.4. The topological polar surface area (TPSA) is 85.9 Å². The van der Waals surface area contributed by atoms with E-state index in [0.29, 0.717) is 51.7 Å². The molecule has 2 aromatic rings. The molecular weight excluding hydrogens is 420 g/mol. The quantitative estimate of drug-likeness (QED) is 0.529. The fourth-order valence-electron chi connectivity index (χ4n) is 2.66. The summed E-state index contributed by atoms with van der Waals surface area (Å²) < 4.78 is 16.4. The highest BCUT2D eigenvalue weighted by Crippen LogP contribution is 2.37. The van der Waals surface area contributed by atoms with Gasteiger partial charge in [0.05, 0.1) is 31.5 Å². The van der Waals surface area contributed by atoms with Crippen LogP contribution in [-0.4, -0.2) is 32.6 Å². The van der Waals surface area contributed by atoms with Crippen LogP contribution < -0.4 is 24.8 Å². The molecule has 7 nitrogen and oxygen atoms in total. The molecule has 0 heterocycles. The lowest BCUT2D eigenvalue weighted by Gasteiger charge is -2.14. The first kappa shape index (κ1) is 24.1. The minimum atomic E-state index is -0.381. The fraction of sp³-hybridized carbons (Fsp3) is 0.304. The highest BCUT2D eigenvalue weighted by atomic mass is 35.5. The fourth-order valence-corrected chi connectivity index (χ4v) is 2.93. The first-order valence-corrected chi connectivity index (χ1v) is 10.1. The summed E-state index contributed by atoms with van der Waals surface area (Å²) in [6, 6.07) is 8.39. The van der Waals surface area contributed by atoms with Gasteiger partial charge in [-0.1, -0.05) is 25.4 Å². The van der Waals surface area contributed by atoms with E-state index in [1.165, 1.54) is 27.2 Å². The van der Waals surface area contributed by atoms with Crippen molar-refractivity contribution in [2.45, 2.75) is 20.8 Å². The Morgan fingerprint density at radius 3 is 2.39 bits per heavy atom. The Morgan fingerprint density at radius 2 is 1.77 bits per heavy atom. The molecule has 0 saturated carbocycles. The lowest BCUT2D eigenvalue weighted by Crippen LogP contribution is -2.11. The minimum absolute atomic E-state index is 0.214. The first-order chi connectivity index (χ1) is 14.7. The van der Waals surface area contributed by atoms with Gasteiger partial charge in [-0.15, -0.1) is 0 Å². The van der Waals surface area contributed by atoms with Gasteiger partial charge in [0.15, 0.2) is 11.5 Å². The number of carbonyl (C=O) groups is 2. The Kier molecular flexibility index (Phi) is 8.75. The molecule has 8 heteroatoms. The Labute approximate surface area is 187 Å². The van der Waals surface area contributed by atoms with Gasteiger partial charge in [-0.05, 0) is 47.9 Å². The molecule has 0 saturated heterocycles. The third-order valence-electron chi connectivity index (χ3n) is 4.02. The molecule has 0 aliphatic carbocycles. The molecule has 0 aliphatic rings. The molecule has 31 heavy (non-hydrogen) atoms. The maximum Gasteiger partial charge on any atom is 0.248 e. The van der Waals surface area contributed by atoms with Crippen LogP contribution in [0.5, 0.6) is 17.2 Å². The summed E-state index contributed by atoms with van der Waals surface area (Å²) in [5, 5.41) is 5.80. The molecule has 0 bridgehead atoms. The number of carbonyl (C=O) groups excluding carboxylic acids is 2. The number of ether oxygens (including phenoxy) is 3. The lowest BCUT2D eigenvalue weighted by atomic mass is 10.1. The van der Waals surface area contributed by atoms with Crippen molar-refractivity contribution in [1.29, 1.82) is 0 Å². The normalized spacial score (nSPS) is 10.8. The zero-order chi connectivity index (χ0) is 23.0. The van der Waals surface area contributed by atoms with Gasteiger partial charge >= 0.3 is 0 Å². The summed E-state index contributed by atoms with van der Waals surface area (Å²) >= 11 is 6.35. The van der Waals surface area contributed by atoms with Crippen molar-refractivity contribution in [3.05, 3.63) is 47.0 Å². The third-order valence-corrected chi connectivity index (χ3v) is 4.30. The van der Waals surface area contributed by atoms with Crippen molar-refractivity contribution in [3.8, 4) is 17.2 Å². The Hall–Kier alpha value is -3.19. The number of hydrogen-bond donors (Lipinski definition) is 2. The molecule has 0 unspecified atom stereocenters. The van der Waals surface area contributed by atoms with Gasteiger partial charge in [-0.3, -0.25) is 9.59 Å². The largest absolute Gasteiger partial charge is 0.495 e. The molecule has 0 atom stereocenters. The van der Waals surface area contributed by atoms with Gasteiger partial charge in [0.1, 0.15) is 5.75 Å². The molecule has 0 aromatic heterocycles. The van der Waals surface area contributed by atoms with E-state index in [1.807, 2.05) is 13.8 Å². The second kappa shape index (κ2) is 11.3. The third kappa shape index (κ3) is 7.22. The van der Waals surface area contributed by atoms with Crippen molar-refractivity contribution < 1.29 is 23.8 Å². The van der Waals surface area contributed by atoms with Crippen LogP contribution >= 0.6 is 11.6 Å². The van der Waals surface area contributed by atoms with Crippen LogP contribution in [0.15, 0.2) is 36.4 Å². The van der Waals surface area contributed by atoms with E-state index in [2.05, 4.69) is 10.6 Å². The molecule has 166 valence electrons. The van der Waals surface area contributed by atoms with Crippen LogP contribution in [0.3, 0.4) is 0 Å². The van der Waals surface area contributed by atoms with Crippen molar-refractivity contribution in [2.75, 3.05) is 31.5 Å². The van der Waals surface area contributed by atoms with E-state index in [0.717, 1.165) is 0 Å². The number of anilines is 2. The van der Waals surface area contributed by atoms with Crippen LogP contribution in [0.2, 0.25) is 5.02 Å². The molecule has 0 spiro atoms. The van der Waals surface area contributed by atoms with Gasteiger partial charge in [0.25, 0.3) is 0 Å². The number of halogens is 1. The zero-order valence-electron chi connectivity index (χ0n) is 18.2. The standard InChI is InChI=1S/C23H27ClN2O5/c1-14(2)13-31-23-18(24)10-16(11-21(23)30-5)6-9-22(28)26-19-12-17(25-15(3)27)7-8-20(19)29-4/h6-12,14H,13H2,1-5H3,(H,25,27)(H,26,28)/b9-6+. The zero-order valence-corrected chi connectivity index (χ0v) is 19.0. The average Bonchev–Trinajstić information content (AvgIpc) is 2.70. The highest BCUT2D eigenvalue weighted by molar-refractivity contribution is 6.32. The SMILES string of the molecule is COc1ccc(NC(C)=O)cc1NC(=O)/C=C/c1cc(Cl)c(OCC(C)C)c(OC)c1. The van der Waals surface area contributed by atoms with E-state index >= 15 is 0 Å². The van der Waals surface area contributed by atoms with Gasteiger partial charge in [0, 0.05) is 18.7 Å². The van der Waals surface area contributed by atoms with Crippen molar-refractivity contribution in [1.82, 2.24) is 0 Å². The molecule has 0 fully saturated rings. The second-order valence-electron chi connectivity index (χ2n) is 7.16. The second-order valence-corrected chi connectivity index (χ2v) is 7.56. The van der Waals surface area contributed by atoms with Crippen LogP contribution in [0, 0.1) is 5.92 Å². The Morgan fingerprint density at radius 1 is 1.06 bits per heavy atom. The number of amides is 2. The Balaban J connectivity index is 2.18. The van der Waals surface area contributed by atoms with E-state index in [-0.39, 0.29) is 11.8 Å². The van der Waals surface area contributed by atoms with Gasteiger partial charge in [-0.25, -0.2) is 0 Å². The minimum Gasteiger partial charge on any atom is -0.495 e. The Bertz CT molecular complexity index is 973. The lowest BCUT2D eigenvalue weighted by molar-refractivity contribution is -0.114. The molecular formula is C23H27ClN2O5. The number of nitrogens with one attached hydrogen (secondary N) is 2. The first-order valence-electron chi connectivity index (χ1n) is 9.68. The number of hydrogen-bond acceptors (Lipinski definition) is 5. The molecule has 0 aliphatic heterocycles. The highest BCUT2D eigenvalue weighted by Gasteiger charge is 2.13. The van der Waals surface area contributed by atoms with E-state index < -0.39 is 0 Å². The summed E-state index contributed by atoms with van der Waals surface area (Å²) in [5.41, 5.74) is 1.64. The summed E-state index contributed by atoms with van der Waals surface area (Å²) in [6.07, 6.45) is 2.98. The van der Waals surface area contributed by atoms with Crippen LogP contribution in [-0.2, 0) is 9.59 Å². The summed E-state index contributed by atoms with van der Waals surface area (Å²) in [5.74, 6) is 1.16. The molecule has 2 amide bonds. The van der Waals surface area contributed by atoms with Crippen LogP contribution in [0.25, 0.3) is 6.08 Å². The number of methoxy groups -OCH3 is 2. The van der Waals surface area contributed by atoms with E-state index in [1.54, 1.807) is 36.4 Å². The van der Waals surface area contributed by atoms with Gasteiger partial charge < -0.3 is 24.8 Å². The number of benzene rings is 2. The molecule has 2 N–H and O–H groups in total. The van der Waals surface area contributed by atoms with E-state index in [9.17, 15) is 9.59 Å². The van der Waals surface area contributed by atoms with Crippen molar-refractivity contribution in [3.63, 3.8) is 0 Å². The molecule has 2 aromatic carbocycles. The van der Waals surface area contributed by atoms with Gasteiger partial charge in [0.2, 0.25) is 11.8 Å². The molecule has 2 rings (SSSR count). The van der Waals surface area contributed by atoms with Crippen LogP contribution in [0.1, 0.15) is 26.3 Å². The maximum absolute atomic E-state index is 12.4. The number of rotatable bonds is 9. The molecule has 0 radical (unpaired) electrons. The van der Waals surface area contributed by atoms with E-state index in [4.69, 9.17) is 25.8 Å². The predicted octanol–water partition coefficient (Wildman–Crippen LogP) is 5.00. The summed E-state index contributed by atoms with van der Waals surface area (Å²) in [7, 11) is 3.03. The van der Waals surface area contributed by atoms with Crippen molar-refractivity contribution >= 4 is 40.9 Å².